The molecule has 0 saturated heterocycles. The highest BCUT2D eigenvalue weighted by atomic mass is 79.9. The van der Waals surface area contributed by atoms with E-state index in [-0.39, 0.29) is 4.47 Å². The largest absolute Gasteiger partial charge is 0.325 e. The highest BCUT2D eigenvalue weighted by molar-refractivity contribution is 9.10. The molecule has 0 aliphatic carbocycles. The van der Waals surface area contributed by atoms with Crippen molar-refractivity contribution in [3.63, 3.8) is 0 Å². The number of rotatable bonds is 3. The third kappa shape index (κ3) is 3.30. The highest BCUT2D eigenvalue weighted by Crippen LogP contribution is 2.31. The fourth-order valence-corrected chi connectivity index (χ4v) is 1.63. The van der Waals surface area contributed by atoms with Crippen molar-refractivity contribution in [2.45, 2.75) is 33.2 Å². The van der Waals surface area contributed by atoms with Crippen molar-refractivity contribution in [1.29, 1.82) is 0 Å². The zero-order chi connectivity index (χ0) is 15.0. The fraction of sp³-hybridized carbons (Fsp3) is 0.462. The van der Waals surface area contributed by atoms with Gasteiger partial charge in [0.1, 0.15) is 5.69 Å². The van der Waals surface area contributed by atoms with Crippen molar-refractivity contribution in [3.8, 4) is 0 Å². The molecule has 0 saturated carbocycles. The number of carbonyl (C=O) groups is 1. The van der Waals surface area contributed by atoms with Crippen molar-refractivity contribution < 1.29 is 13.6 Å². The third-order valence-corrected chi connectivity index (χ3v) is 3.88. The molecule has 1 amide bonds. The van der Waals surface area contributed by atoms with E-state index in [0.717, 1.165) is 12.1 Å². The molecule has 6 heteroatoms. The van der Waals surface area contributed by atoms with Crippen LogP contribution < -0.4 is 11.1 Å². The van der Waals surface area contributed by atoms with Gasteiger partial charge >= 0.3 is 0 Å². The zero-order valence-electron chi connectivity index (χ0n) is 11.3. The number of benzene rings is 1. The Hall–Kier alpha value is -1.01. The Kier molecular flexibility index (Phi) is 4.37. The Bertz CT molecular complexity index is 487. The van der Waals surface area contributed by atoms with Crippen molar-refractivity contribution >= 4 is 27.5 Å². The molecule has 0 heterocycles. The van der Waals surface area contributed by atoms with Gasteiger partial charge in [-0.2, -0.15) is 0 Å². The van der Waals surface area contributed by atoms with E-state index in [0.29, 0.717) is 0 Å². The fourth-order valence-electron chi connectivity index (χ4n) is 1.22. The summed E-state index contributed by atoms with van der Waals surface area (Å²) in [5.41, 5.74) is 3.62. The Labute approximate surface area is 119 Å². The van der Waals surface area contributed by atoms with Gasteiger partial charge in [-0.1, -0.05) is 15.9 Å². The van der Waals surface area contributed by atoms with Crippen LogP contribution in [0.25, 0.3) is 0 Å². The van der Waals surface area contributed by atoms with Gasteiger partial charge in [-0.25, -0.2) is 8.78 Å². The molecule has 0 unspecified atom stereocenters. The van der Waals surface area contributed by atoms with Crippen LogP contribution in [0.1, 0.15) is 27.7 Å². The molecule has 0 spiro atoms. The standard InChI is InChI=1S/C13H17BrF2N2O/c1-12(2,13(3,4)17)11(19)18-10-8(15)5-7(14)6-9(10)16/h5-6H,17H2,1-4H3,(H,18,19). The summed E-state index contributed by atoms with van der Waals surface area (Å²) >= 11 is 2.97. The summed E-state index contributed by atoms with van der Waals surface area (Å²) in [4.78, 5) is 12.1. The van der Waals surface area contributed by atoms with Crippen LogP contribution in [0.2, 0.25) is 0 Å². The Morgan fingerprint density at radius 2 is 1.63 bits per heavy atom. The number of carbonyl (C=O) groups excluding carboxylic acids is 1. The SMILES string of the molecule is CC(C)(N)C(C)(C)C(=O)Nc1c(F)cc(Br)cc1F. The topological polar surface area (TPSA) is 55.1 Å². The van der Waals surface area contributed by atoms with Crippen molar-refractivity contribution in [2.24, 2.45) is 11.1 Å². The van der Waals surface area contributed by atoms with E-state index in [1.165, 1.54) is 0 Å². The van der Waals surface area contributed by atoms with Crippen LogP contribution in [-0.2, 0) is 4.79 Å². The van der Waals surface area contributed by atoms with Crippen LogP contribution in [0, 0.1) is 17.0 Å². The van der Waals surface area contributed by atoms with Gasteiger partial charge in [0, 0.05) is 10.0 Å². The number of amides is 1. The lowest BCUT2D eigenvalue weighted by atomic mass is 9.74. The van der Waals surface area contributed by atoms with Gasteiger partial charge in [-0.15, -0.1) is 0 Å². The second-order valence-electron chi connectivity index (χ2n) is 5.55. The Morgan fingerprint density at radius 3 is 2.00 bits per heavy atom. The summed E-state index contributed by atoms with van der Waals surface area (Å²) in [7, 11) is 0. The molecule has 106 valence electrons. The molecule has 0 aliphatic heterocycles. The molecule has 1 aromatic rings. The highest BCUT2D eigenvalue weighted by Gasteiger charge is 2.40. The molecule has 0 atom stereocenters. The minimum atomic E-state index is -0.987. The predicted octanol–water partition coefficient (Wildman–Crippen LogP) is 3.43. The van der Waals surface area contributed by atoms with Gasteiger partial charge < -0.3 is 11.1 Å². The smallest absolute Gasteiger partial charge is 0.232 e. The number of halogens is 3. The quantitative estimate of drug-likeness (QED) is 0.889. The molecule has 0 fully saturated rings. The van der Waals surface area contributed by atoms with Gasteiger partial charge in [0.2, 0.25) is 5.91 Å². The molecule has 0 radical (unpaired) electrons. The van der Waals surface area contributed by atoms with Crippen LogP contribution in [0.15, 0.2) is 16.6 Å². The van der Waals surface area contributed by atoms with Crippen LogP contribution >= 0.6 is 15.9 Å². The lowest BCUT2D eigenvalue weighted by Gasteiger charge is -2.36. The number of hydrogen-bond acceptors (Lipinski definition) is 2. The van der Waals surface area contributed by atoms with Crippen LogP contribution in [0.4, 0.5) is 14.5 Å². The molecule has 19 heavy (non-hydrogen) atoms. The second-order valence-corrected chi connectivity index (χ2v) is 6.46. The number of hydrogen-bond donors (Lipinski definition) is 2. The predicted molar refractivity (Wildman–Crippen MR) is 74.7 cm³/mol. The molecule has 0 aliphatic rings. The third-order valence-electron chi connectivity index (χ3n) is 3.42. The van der Waals surface area contributed by atoms with E-state index < -0.39 is 34.2 Å². The number of nitrogens with one attached hydrogen (secondary N) is 1. The average Bonchev–Trinajstić information content (AvgIpc) is 2.21. The lowest BCUT2D eigenvalue weighted by Crippen LogP contribution is -2.53. The van der Waals surface area contributed by atoms with E-state index in [1.54, 1.807) is 27.7 Å². The van der Waals surface area contributed by atoms with Gasteiger partial charge in [-0.3, -0.25) is 4.79 Å². The monoisotopic (exact) mass is 334 g/mol. The first-order chi connectivity index (χ1) is 8.46. The van der Waals surface area contributed by atoms with Gasteiger partial charge in [0.05, 0.1) is 5.41 Å². The zero-order valence-corrected chi connectivity index (χ0v) is 12.9. The Morgan fingerprint density at radius 1 is 1.21 bits per heavy atom. The maximum Gasteiger partial charge on any atom is 0.232 e. The molecular formula is C13H17BrF2N2O. The van der Waals surface area contributed by atoms with Crippen molar-refractivity contribution in [3.05, 3.63) is 28.2 Å². The van der Waals surface area contributed by atoms with Gasteiger partial charge in [0.15, 0.2) is 11.6 Å². The second kappa shape index (κ2) is 5.17. The molecule has 3 N–H and O–H groups in total. The first-order valence-corrected chi connectivity index (χ1v) is 6.51. The first-order valence-electron chi connectivity index (χ1n) is 5.71. The molecule has 3 nitrogen and oxygen atoms in total. The van der Waals surface area contributed by atoms with E-state index in [9.17, 15) is 13.6 Å². The molecule has 0 bridgehead atoms. The van der Waals surface area contributed by atoms with Crippen molar-refractivity contribution in [2.75, 3.05) is 5.32 Å². The normalized spacial score (nSPS) is 12.4. The maximum absolute atomic E-state index is 13.6. The van der Waals surface area contributed by atoms with Gasteiger partial charge in [-0.05, 0) is 39.8 Å². The minimum Gasteiger partial charge on any atom is -0.325 e. The summed E-state index contributed by atoms with van der Waals surface area (Å²) in [5, 5.41) is 2.26. The van der Waals surface area contributed by atoms with E-state index in [2.05, 4.69) is 21.2 Å². The molecule has 1 aromatic carbocycles. The summed E-state index contributed by atoms with van der Waals surface area (Å²) in [6.45, 7) is 6.61. The summed E-state index contributed by atoms with van der Waals surface area (Å²) in [6.07, 6.45) is 0. The summed E-state index contributed by atoms with van der Waals surface area (Å²) in [5.74, 6) is -2.23. The lowest BCUT2D eigenvalue weighted by molar-refractivity contribution is -0.126. The van der Waals surface area contributed by atoms with Crippen LogP contribution in [0.5, 0.6) is 0 Å². The maximum atomic E-state index is 13.6. The van der Waals surface area contributed by atoms with Crippen molar-refractivity contribution in [1.82, 2.24) is 0 Å². The first kappa shape index (κ1) is 16.0. The van der Waals surface area contributed by atoms with Crippen LogP contribution in [-0.4, -0.2) is 11.4 Å². The Balaban J connectivity index is 3.08. The average molecular weight is 335 g/mol. The molecular weight excluding hydrogens is 318 g/mol. The molecule has 0 aromatic heterocycles. The van der Waals surface area contributed by atoms with E-state index >= 15 is 0 Å². The van der Waals surface area contributed by atoms with Crippen LogP contribution in [0.3, 0.4) is 0 Å². The van der Waals surface area contributed by atoms with E-state index in [4.69, 9.17) is 5.73 Å². The summed E-state index contributed by atoms with van der Waals surface area (Å²) in [6, 6.07) is 2.17. The van der Waals surface area contributed by atoms with E-state index in [1.807, 2.05) is 0 Å². The number of nitrogens with two attached hydrogens (primary N) is 1. The number of anilines is 1. The van der Waals surface area contributed by atoms with Gasteiger partial charge in [0.25, 0.3) is 0 Å². The summed E-state index contributed by atoms with van der Waals surface area (Å²) < 4.78 is 27.5. The minimum absolute atomic E-state index is 0.263. The molecule has 1 rings (SSSR count).